The average Bonchev–Trinajstić information content (AvgIpc) is 2.45. The van der Waals surface area contributed by atoms with Crippen molar-refractivity contribution in [2.75, 3.05) is 19.8 Å². The Labute approximate surface area is 124 Å². The second kappa shape index (κ2) is 7.12. The van der Waals surface area contributed by atoms with Crippen LogP contribution >= 0.6 is 0 Å². The smallest absolute Gasteiger partial charge is 0.142 e. The number of piperidine rings is 1. The largest absolute Gasteiger partial charge is 0.478 e. The summed E-state index contributed by atoms with van der Waals surface area (Å²) < 4.78 is 6.26. The Balaban J connectivity index is 2.14. The van der Waals surface area contributed by atoms with Crippen LogP contribution in [0.15, 0.2) is 18.2 Å². The van der Waals surface area contributed by atoms with Crippen molar-refractivity contribution < 1.29 is 4.74 Å². The highest BCUT2D eigenvalue weighted by Gasteiger charge is 2.17. The molecule has 2 nitrogen and oxygen atoms in total. The molecule has 1 aliphatic heterocycles. The molecule has 1 fully saturated rings. The SMILES string of the molecule is CC(C)c1cccc(C(C)C)c1OCN1CCCCC1. The van der Waals surface area contributed by atoms with E-state index >= 15 is 0 Å². The minimum atomic E-state index is 0.505. The highest BCUT2D eigenvalue weighted by molar-refractivity contribution is 5.44. The summed E-state index contributed by atoms with van der Waals surface area (Å²) in [5, 5.41) is 0. The summed E-state index contributed by atoms with van der Waals surface area (Å²) in [7, 11) is 0. The predicted molar refractivity (Wildman–Crippen MR) is 85.5 cm³/mol. The lowest BCUT2D eigenvalue weighted by Gasteiger charge is -2.28. The topological polar surface area (TPSA) is 12.5 Å². The Kier molecular flexibility index (Phi) is 5.47. The van der Waals surface area contributed by atoms with Gasteiger partial charge < -0.3 is 4.74 Å². The molecular formula is C18H29NO. The van der Waals surface area contributed by atoms with E-state index in [2.05, 4.69) is 50.8 Å². The van der Waals surface area contributed by atoms with Crippen molar-refractivity contribution >= 4 is 0 Å². The average molecular weight is 275 g/mol. The Hall–Kier alpha value is -1.02. The van der Waals surface area contributed by atoms with Crippen molar-refractivity contribution in [2.24, 2.45) is 0 Å². The van der Waals surface area contributed by atoms with Crippen molar-refractivity contribution in [1.82, 2.24) is 4.90 Å². The first-order valence-electron chi connectivity index (χ1n) is 8.07. The zero-order valence-corrected chi connectivity index (χ0v) is 13.5. The molecule has 1 aliphatic rings. The number of nitrogens with zero attached hydrogens (tertiary/aromatic N) is 1. The van der Waals surface area contributed by atoms with Gasteiger partial charge in [0.05, 0.1) is 0 Å². The van der Waals surface area contributed by atoms with Crippen molar-refractivity contribution in [3.63, 3.8) is 0 Å². The molecule has 0 N–H and O–H groups in total. The lowest BCUT2D eigenvalue weighted by molar-refractivity contribution is 0.104. The zero-order chi connectivity index (χ0) is 14.5. The Morgan fingerprint density at radius 1 is 0.950 bits per heavy atom. The van der Waals surface area contributed by atoms with Crippen molar-refractivity contribution in [3.05, 3.63) is 29.3 Å². The van der Waals surface area contributed by atoms with Crippen LogP contribution in [-0.4, -0.2) is 24.7 Å². The summed E-state index contributed by atoms with van der Waals surface area (Å²) in [6.07, 6.45) is 3.99. The molecule has 0 aromatic heterocycles. The molecule has 1 heterocycles. The van der Waals surface area contributed by atoms with Gasteiger partial charge in [0.25, 0.3) is 0 Å². The second-order valence-corrected chi connectivity index (χ2v) is 6.53. The third-order valence-corrected chi connectivity index (χ3v) is 4.16. The molecule has 0 atom stereocenters. The normalized spacial score (nSPS) is 16.9. The van der Waals surface area contributed by atoms with E-state index in [9.17, 15) is 0 Å². The molecule has 0 radical (unpaired) electrons. The van der Waals surface area contributed by atoms with Gasteiger partial charge in [-0.15, -0.1) is 0 Å². The van der Waals surface area contributed by atoms with Gasteiger partial charge >= 0.3 is 0 Å². The molecule has 0 amide bonds. The predicted octanol–water partition coefficient (Wildman–Crippen LogP) is 4.76. The Morgan fingerprint density at radius 2 is 1.50 bits per heavy atom. The first-order chi connectivity index (χ1) is 9.59. The molecule has 1 aromatic carbocycles. The summed E-state index contributed by atoms with van der Waals surface area (Å²) in [6.45, 7) is 12.1. The summed E-state index contributed by atoms with van der Waals surface area (Å²) in [5.41, 5.74) is 2.68. The Bertz CT molecular complexity index is 393. The van der Waals surface area contributed by atoms with Crippen LogP contribution in [0.25, 0.3) is 0 Å². The molecule has 1 saturated heterocycles. The van der Waals surface area contributed by atoms with E-state index in [0.29, 0.717) is 11.8 Å². The van der Waals surface area contributed by atoms with E-state index in [0.717, 1.165) is 12.5 Å². The summed E-state index contributed by atoms with van der Waals surface area (Å²) in [6, 6.07) is 6.59. The molecule has 0 bridgehead atoms. The molecule has 2 heteroatoms. The molecular weight excluding hydrogens is 246 g/mol. The maximum absolute atomic E-state index is 6.26. The van der Waals surface area contributed by atoms with Crippen LogP contribution in [0.3, 0.4) is 0 Å². The number of ether oxygens (including phenoxy) is 1. The maximum atomic E-state index is 6.26. The van der Waals surface area contributed by atoms with E-state index < -0.39 is 0 Å². The quantitative estimate of drug-likeness (QED) is 0.768. The van der Waals surface area contributed by atoms with Crippen molar-refractivity contribution in [1.29, 1.82) is 0 Å². The third-order valence-electron chi connectivity index (χ3n) is 4.16. The highest BCUT2D eigenvalue weighted by Crippen LogP contribution is 2.34. The summed E-state index contributed by atoms with van der Waals surface area (Å²) >= 11 is 0. The summed E-state index contributed by atoms with van der Waals surface area (Å²) in [4.78, 5) is 2.44. The molecule has 0 aliphatic carbocycles. The van der Waals surface area contributed by atoms with Crippen molar-refractivity contribution in [2.45, 2.75) is 58.8 Å². The minimum absolute atomic E-state index is 0.505. The van der Waals surface area contributed by atoms with Gasteiger partial charge in [-0.25, -0.2) is 0 Å². The molecule has 0 unspecified atom stereocenters. The standard InChI is InChI=1S/C18H29NO/c1-14(2)16-9-8-10-17(15(3)4)18(16)20-13-19-11-6-5-7-12-19/h8-10,14-15H,5-7,11-13H2,1-4H3. The number of rotatable bonds is 5. The van der Waals surface area contributed by atoms with Crippen LogP contribution < -0.4 is 4.74 Å². The van der Waals surface area contributed by atoms with Gasteiger partial charge in [-0.3, -0.25) is 4.90 Å². The van der Waals surface area contributed by atoms with Crippen LogP contribution in [0.1, 0.15) is 69.9 Å². The molecule has 112 valence electrons. The molecule has 1 aromatic rings. The van der Waals surface area contributed by atoms with Gasteiger partial charge in [-0.2, -0.15) is 0 Å². The lowest BCUT2D eigenvalue weighted by atomic mass is 9.94. The number of likely N-dealkylation sites (tertiary alicyclic amines) is 1. The fourth-order valence-electron chi connectivity index (χ4n) is 2.89. The van der Waals surface area contributed by atoms with Gasteiger partial charge in [0.2, 0.25) is 0 Å². The van der Waals surface area contributed by atoms with Gasteiger partial charge in [0.1, 0.15) is 12.5 Å². The van der Waals surface area contributed by atoms with Gasteiger partial charge in [0, 0.05) is 13.1 Å². The van der Waals surface area contributed by atoms with Crippen LogP contribution in [-0.2, 0) is 0 Å². The van der Waals surface area contributed by atoms with E-state index in [1.54, 1.807) is 0 Å². The number of para-hydroxylation sites is 1. The van der Waals surface area contributed by atoms with Gasteiger partial charge in [-0.05, 0) is 35.8 Å². The molecule has 2 rings (SSSR count). The van der Waals surface area contributed by atoms with Crippen LogP contribution in [0.5, 0.6) is 5.75 Å². The minimum Gasteiger partial charge on any atom is -0.478 e. The molecule has 0 spiro atoms. The van der Waals surface area contributed by atoms with Gasteiger partial charge in [-0.1, -0.05) is 52.3 Å². The van der Waals surface area contributed by atoms with E-state index in [4.69, 9.17) is 4.74 Å². The van der Waals surface area contributed by atoms with Crippen LogP contribution in [0.2, 0.25) is 0 Å². The fourth-order valence-corrected chi connectivity index (χ4v) is 2.89. The number of hydrogen-bond donors (Lipinski definition) is 0. The molecule has 20 heavy (non-hydrogen) atoms. The second-order valence-electron chi connectivity index (χ2n) is 6.53. The number of benzene rings is 1. The Morgan fingerprint density at radius 3 is 2.00 bits per heavy atom. The monoisotopic (exact) mass is 275 g/mol. The maximum Gasteiger partial charge on any atom is 0.142 e. The van der Waals surface area contributed by atoms with E-state index in [1.165, 1.54) is 43.5 Å². The fraction of sp³-hybridized carbons (Fsp3) is 0.667. The number of hydrogen-bond acceptors (Lipinski definition) is 2. The van der Waals surface area contributed by atoms with Gasteiger partial charge in [0.15, 0.2) is 0 Å². The first kappa shape index (κ1) is 15.4. The van der Waals surface area contributed by atoms with Crippen LogP contribution in [0, 0.1) is 0 Å². The highest BCUT2D eigenvalue weighted by atomic mass is 16.5. The van der Waals surface area contributed by atoms with Crippen LogP contribution in [0.4, 0.5) is 0 Å². The summed E-state index contributed by atoms with van der Waals surface area (Å²) in [5.74, 6) is 2.14. The van der Waals surface area contributed by atoms with E-state index in [1.807, 2.05) is 0 Å². The van der Waals surface area contributed by atoms with Crippen molar-refractivity contribution in [3.8, 4) is 5.75 Å². The lowest BCUT2D eigenvalue weighted by Crippen LogP contribution is -2.33. The first-order valence-corrected chi connectivity index (χ1v) is 8.07. The molecule has 0 saturated carbocycles. The third kappa shape index (κ3) is 3.76. The van der Waals surface area contributed by atoms with E-state index in [-0.39, 0.29) is 0 Å². The zero-order valence-electron chi connectivity index (χ0n) is 13.5.